The van der Waals surface area contributed by atoms with E-state index in [0.29, 0.717) is 5.75 Å². The number of rotatable bonds is 9. The highest BCUT2D eigenvalue weighted by atomic mass is 32.2. The molecule has 0 unspecified atom stereocenters. The van der Waals surface area contributed by atoms with E-state index in [1.54, 1.807) is 18.2 Å². The van der Waals surface area contributed by atoms with E-state index < -0.39 is 15.8 Å². The Hall–Kier alpha value is -2.61. The Morgan fingerprint density at radius 2 is 1.77 bits per heavy atom. The minimum Gasteiger partial charge on any atom is -0.493 e. The predicted molar refractivity (Wildman–Crippen MR) is 98.2 cm³/mol. The summed E-state index contributed by atoms with van der Waals surface area (Å²) in [6.45, 7) is 0.204. The Balaban J connectivity index is 1.82. The van der Waals surface area contributed by atoms with Crippen LogP contribution in [0.15, 0.2) is 54.6 Å². The second-order valence-electron chi connectivity index (χ2n) is 5.55. The molecule has 0 atom stereocenters. The van der Waals surface area contributed by atoms with Crippen LogP contribution in [0.3, 0.4) is 0 Å². The van der Waals surface area contributed by atoms with Gasteiger partial charge >= 0.3 is 0 Å². The Morgan fingerprint density at radius 1 is 1.12 bits per heavy atom. The Labute approximate surface area is 152 Å². The van der Waals surface area contributed by atoms with Crippen molar-refractivity contribution in [1.82, 2.24) is 5.32 Å². The van der Waals surface area contributed by atoms with E-state index in [-0.39, 0.29) is 37.7 Å². The summed E-state index contributed by atoms with van der Waals surface area (Å²) in [7, 11) is -3.67. The number of halogens is 1. The van der Waals surface area contributed by atoms with Gasteiger partial charge in [-0.2, -0.15) is 0 Å². The normalized spacial score (nSPS) is 11.0. The van der Waals surface area contributed by atoms with E-state index in [1.165, 1.54) is 18.2 Å². The van der Waals surface area contributed by atoms with Gasteiger partial charge in [0.25, 0.3) is 0 Å². The number of nitrogens with one attached hydrogen (secondary N) is 1. The molecule has 26 heavy (non-hydrogen) atoms. The van der Waals surface area contributed by atoms with Crippen LogP contribution in [0.1, 0.15) is 6.42 Å². The summed E-state index contributed by atoms with van der Waals surface area (Å²) < 4.78 is 44.1. The summed E-state index contributed by atoms with van der Waals surface area (Å²) in [6.07, 6.45) is 1.13. The average molecular weight is 380 g/mol. The van der Waals surface area contributed by atoms with E-state index in [4.69, 9.17) is 4.74 Å². The fourth-order valence-corrected chi connectivity index (χ4v) is 3.21. The number of hydrogen-bond donors (Lipinski definition) is 1. The highest BCUT2D eigenvalue weighted by Gasteiger charge is 2.20. The van der Waals surface area contributed by atoms with E-state index in [0.717, 1.165) is 10.6 Å². The number of hydrogen-bond acceptors (Lipinski definition) is 4. The predicted octanol–water partition coefficient (Wildman–Crippen LogP) is 2.18. The van der Waals surface area contributed by atoms with Crippen molar-refractivity contribution in [3.63, 3.8) is 0 Å². The molecule has 1 N–H and O–H groups in total. The monoisotopic (exact) mass is 380 g/mol. The number of carbonyl (C=O) groups is 1. The van der Waals surface area contributed by atoms with Crippen LogP contribution in [0.25, 0.3) is 0 Å². The first kappa shape index (κ1) is 19.7. The summed E-state index contributed by atoms with van der Waals surface area (Å²) in [5.41, 5.74) is -0.0448. The second kappa shape index (κ2) is 9.19. The molecule has 8 heteroatoms. The largest absolute Gasteiger partial charge is 0.493 e. The molecule has 0 aliphatic carbocycles. The van der Waals surface area contributed by atoms with Gasteiger partial charge in [-0.15, -0.1) is 0 Å². The maximum atomic E-state index is 13.9. The number of para-hydroxylation sites is 2. The molecular formula is C18H21FN2O4S. The van der Waals surface area contributed by atoms with E-state index in [1.807, 2.05) is 18.2 Å². The molecule has 2 aromatic rings. The van der Waals surface area contributed by atoms with Crippen molar-refractivity contribution < 1.29 is 22.3 Å². The number of amides is 1. The van der Waals surface area contributed by atoms with Gasteiger partial charge in [-0.25, -0.2) is 12.8 Å². The van der Waals surface area contributed by atoms with Crippen LogP contribution in [-0.4, -0.2) is 40.3 Å². The van der Waals surface area contributed by atoms with Crippen molar-refractivity contribution in [2.45, 2.75) is 6.42 Å². The minimum atomic E-state index is -3.67. The van der Waals surface area contributed by atoms with Crippen LogP contribution in [0.4, 0.5) is 10.1 Å². The van der Waals surface area contributed by atoms with Gasteiger partial charge < -0.3 is 10.1 Å². The molecule has 6 nitrogen and oxygen atoms in total. The third kappa shape index (κ3) is 6.03. The first-order valence-electron chi connectivity index (χ1n) is 8.05. The van der Waals surface area contributed by atoms with Crippen LogP contribution >= 0.6 is 0 Å². The van der Waals surface area contributed by atoms with Crippen LogP contribution in [0.5, 0.6) is 5.75 Å². The Bertz CT molecular complexity index is 828. The van der Waals surface area contributed by atoms with Gasteiger partial charge in [0.2, 0.25) is 15.9 Å². The Morgan fingerprint density at radius 3 is 2.42 bits per heavy atom. The molecule has 2 aromatic carbocycles. The van der Waals surface area contributed by atoms with Crippen molar-refractivity contribution in [3.8, 4) is 5.75 Å². The summed E-state index contributed by atoms with van der Waals surface area (Å²) >= 11 is 0. The molecule has 0 heterocycles. The molecule has 0 fully saturated rings. The third-order valence-electron chi connectivity index (χ3n) is 3.50. The summed E-state index contributed by atoms with van der Waals surface area (Å²) in [5, 5.41) is 2.61. The number of anilines is 1. The molecule has 0 aliphatic rings. The van der Waals surface area contributed by atoms with Gasteiger partial charge in [0.15, 0.2) is 0 Å². The zero-order valence-electron chi connectivity index (χ0n) is 14.4. The zero-order valence-corrected chi connectivity index (χ0v) is 15.2. The van der Waals surface area contributed by atoms with Gasteiger partial charge in [-0.05, 0) is 24.3 Å². The number of sulfonamides is 1. The van der Waals surface area contributed by atoms with Crippen LogP contribution in [-0.2, 0) is 14.8 Å². The molecule has 0 saturated carbocycles. The van der Waals surface area contributed by atoms with Gasteiger partial charge in [-0.3, -0.25) is 9.10 Å². The van der Waals surface area contributed by atoms with Crippen molar-refractivity contribution in [2.24, 2.45) is 0 Å². The Kier molecular flexibility index (Phi) is 6.97. The van der Waals surface area contributed by atoms with Gasteiger partial charge in [-0.1, -0.05) is 30.3 Å². The molecule has 0 bridgehead atoms. The molecular weight excluding hydrogens is 359 g/mol. The van der Waals surface area contributed by atoms with Crippen molar-refractivity contribution >= 4 is 21.6 Å². The lowest BCUT2D eigenvalue weighted by Gasteiger charge is -2.23. The molecule has 0 saturated heterocycles. The smallest absolute Gasteiger partial charge is 0.232 e. The third-order valence-corrected chi connectivity index (χ3v) is 4.68. The lowest BCUT2D eigenvalue weighted by Crippen LogP contribution is -2.38. The average Bonchev–Trinajstić information content (AvgIpc) is 2.60. The lowest BCUT2D eigenvalue weighted by molar-refractivity contribution is -0.121. The fourth-order valence-electron chi connectivity index (χ4n) is 2.28. The highest BCUT2D eigenvalue weighted by Crippen LogP contribution is 2.20. The quantitative estimate of drug-likeness (QED) is 0.724. The lowest BCUT2D eigenvalue weighted by atomic mass is 10.3. The van der Waals surface area contributed by atoms with Gasteiger partial charge in [0.05, 0.1) is 31.5 Å². The van der Waals surface area contributed by atoms with E-state index in [2.05, 4.69) is 5.32 Å². The molecule has 0 spiro atoms. The van der Waals surface area contributed by atoms with Crippen molar-refractivity contribution in [2.75, 3.05) is 30.3 Å². The molecule has 140 valence electrons. The van der Waals surface area contributed by atoms with Crippen LogP contribution in [0.2, 0.25) is 0 Å². The van der Waals surface area contributed by atoms with E-state index >= 15 is 0 Å². The SMILES string of the molecule is CS(=O)(=O)N(CCNC(=O)CCOc1ccccc1)c1ccccc1F. The number of nitrogens with zero attached hydrogens (tertiary/aromatic N) is 1. The molecule has 0 aliphatic heterocycles. The number of ether oxygens (including phenoxy) is 1. The van der Waals surface area contributed by atoms with Crippen LogP contribution < -0.4 is 14.4 Å². The zero-order chi connectivity index (χ0) is 19.0. The van der Waals surface area contributed by atoms with Crippen molar-refractivity contribution in [1.29, 1.82) is 0 Å². The maximum absolute atomic E-state index is 13.9. The molecule has 0 aromatic heterocycles. The molecule has 0 radical (unpaired) electrons. The standard InChI is InChI=1S/C18H21FN2O4S/c1-26(23,24)21(17-10-6-5-9-16(17)19)13-12-20-18(22)11-14-25-15-7-3-2-4-8-15/h2-10H,11-14H2,1H3,(H,20,22). The van der Waals surface area contributed by atoms with Gasteiger partial charge in [0.1, 0.15) is 11.6 Å². The first-order chi connectivity index (χ1) is 12.4. The summed E-state index contributed by atoms with van der Waals surface area (Å²) in [4.78, 5) is 11.8. The first-order valence-corrected chi connectivity index (χ1v) is 9.89. The number of carbonyl (C=O) groups excluding carboxylic acids is 1. The minimum absolute atomic E-state index is 0.0448. The highest BCUT2D eigenvalue weighted by molar-refractivity contribution is 7.92. The van der Waals surface area contributed by atoms with Crippen molar-refractivity contribution in [3.05, 3.63) is 60.4 Å². The second-order valence-corrected chi connectivity index (χ2v) is 7.45. The summed E-state index contributed by atoms with van der Waals surface area (Å²) in [5.74, 6) is -0.244. The molecule has 2 rings (SSSR count). The topological polar surface area (TPSA) is 75.7 Å². The van der Waals surface area contributed by atoms with E-state index in [9.17, 15) is 17.6 Å². The summed E-state index contributed by atoms with van der Waals surface area (Å²) in [6, 6.07) is 14.7. The fraction of sp³-hybridized carbons (Fsp3) is 0.278. The maximum Gasteiger partial charge on any atom is 0.232 e. The number of benzene rings is 2. The van der Waals surface area contributed by atoms with Gasteiger partial charge in [0, 0.05) is 6.54 Å². The van der Waals surface area contributed by atoms with Crippen LogP contribution in [0, 0.1) is 5.82 Å². The molecule has 1 amide bonds.